The Morgan fingerprint density at radius 3 is 2.46 bits per heavy atom. The molecule has 0 aliphatic rings. The SMILES string of the molecule is CCc1cc(CC)c(CCl)c(C)n1. The summed E-state index contributed by atoms with van der Waals surface area (Å²) >= 11 is 5.87. The zero-order chi connectivity index (χ0) is 9.84. The maximum absolute atomic E-state index is 5.87. The molecule has 1 nitrogen and oxygen atoms in total. The van der Waals surface area contributed by atoms with E-state index >= 15 is 0 Å². The molecule has 0 bridgehead atoms. The van der Waals surface area contributed by atoms with Crippen molar-refractivity contribution in [1.29, 1.82) is 0 Å². The van der Waals surface area contributed by atoms with Gasteiger partial charge < -0.3 is 0 Å². The Labute approximate surface area is 85.1 Å². The van der Waals surface area contributed by atoms with E-state index in [1.807, 2.05) is 6.92 Å². The van der Waals surface area contributed by atoms with Crippen molar-refractivity contribution in [2.24, 2.45) is 0 Å². The molecule has 0 saturated heterocycles. The first-order valence-electron chi connectivity index (χ1n) is 4.77. The van der Waals surface area contributed by atoms with Gasteiger partial charge in [-0.1, -0.05) is 13.8 Å². The van der Waals surface area contributed by atoms with E-state index in [1.54, 1.807) is 0 Å². The first-order valence-corrected chi connectivity index (χ1v) is 5.30. The predicted molar refractivity (Wildman–Crippen MR) is 57.3 cm³/mol. The highest BCUT2D eigenvalue weighted by molar-refractivity contribution is 6.17. The highest BCUT2D eigenvalue weighted by Gasteiger charge is 2.06. The van der Waals surface area contributed by atoms with Crippen LogP contribution in [0.1, 0.15) is 36.4 Å². The maximum atomic E-state index is 5.87. The quantitative estimate of drug-likeness (QED) is 0.678. The number of rotatable bonds is 3. The molecule has 0 saturated carbocycles. The van der Waals surface area contributed by atoms with Crippen molar-refractivity contribution in [2.45, 2.75) is 39.5 Å². The molecular weight excluding hydrogens is 182 g/mol. The first kappa shape index (κ1) is 10.5. The Morgan fingerprint density at radius 2 is 2.00 bits per heavy atom. The summed E-state index contributed by atoms with van der Waals surface area (Å²) < 4.78 is 0. The molecule has 72 valence electrons. The smallest absolute Gasteiger partial charge is 0.0494 e. The zero-order valence-corrected chi connectivity index (χ0v) is 9.28. The molecule has 0 spiro atoms. The van der Waals surface area contributed by atoms with Crippen molar-refractivity contribution in [1.82, 2.24) is 4.98 Å². The van der Waals surface area contributed by atoms with Gasteiger partial charge in [0.05, 0.1) is 0 Å². The van der Waals surface area contributed by atoms with Crippen LogP contribution in [0, 0.1) is 6.92 Å². The number of pyridine rings is 1. The molecule has 1 heterocycles. The standard InChI is InChI=1S/C11H16ClN/c1-4-9-6-10(5-2)13-8(3)11(9)7-12/h6H,4-5,7H2,1-3H3. The molecular formula is C11H16ClN. The van der Waals surface area contributed by atoms with Crippen LogP contribution in [0.4, 0.5) is 0 Å². The summed E-state index contributed by atoms with van der Waals surface area (Å²) in [4.78, 5) is 4.49. The number of hydrogen-bond donors (Lipinski definition) is 0. The molecule has 1 rings (SSSR count). The van der Waals surface area contributed by atoms with E-state index in [4.69, 9.17) is 11.6 Å². The van der Waals surface area contributed by atoms with E-state index in [1.165, 1.54) is 16.8 Å². The Balaban J connectivity index is 3.20. The minimum Gasteiger partial charge on any atom is -0.258 e. The summed E-state index contributed by atoms with van der Waals surface area (Å²) in [5, 5.41) is 0. The molecule has 1 aromatic rings. The topological polar surface area (TPSA) is 12.9 Å². The molecule has 0 aliphatic carbocycles. The minimum atomic E-state index is 0.575. The summed E-state index contributed by atoms with van der Waals surface area (Å²) in [7, 11) is 0. The van der Waals surface area contributed by atoms with Crippen LogP contribution in [0.15, 0.2) is 6.07 Å². The first-order chi connectivity index (χ1) is 6.22. The second kappa shape index (κ2) is 4.61. The van der Waals surface area contributed by atoms with Gasteiger partial charge in [-0.25, -0.2) is 0 Å². The van der Waals surface area contributed by atoms with Crippen molar-refractivity contribution in [3.8, 4) is 0 Å². The van der Waals surface area contributed by atoms with Gasteiger partial charge in [0.25, 0.3) is 0 Å². The van der Waals surface area contributed by atoms with Crippen LogP contribution in [-0.4, -0.2) is 4.98 Å². The fourth-order valence-electron chi connectivity index (χ4n) is 1.51. The largest absolute Gasteiger partial charge is 0.258 e. The van der Waals surface area contributed by atoms with Gasteiger partial charge in [-0.2, -0.15) is 0 Å². The van der Waals surface area contributed by atoms with E-state index in [-0.39, 0.29) is 0 Å². The van der Waals surface area contributed by atoms with E-state index < -0.39 is 0 Å². The van der Waals surface area contributed by atoms with Gasteiger partial charge in [-0.05, 0) is 37.0 Å². The number of aromatic nitrogens is 1. The van der Waals surface area contributed by atoms with Crippen molar-refractivity contribution in [2.75, 3.05) is 0 Å². The molecule has 0 unspecified atom stereocenters. The molecule has 0 amide bonds. The third-order valence-electron chi connectivity index (χ3n) is 2.35. The van der Waals surface area contributed by atoms with Crippen LogP contribution >= 0.6 is 11.6 Å². The lowest BCUT2D eigenvalue weighted by Crippen LogP contribution is -2.00. The van der Waals surface area contributed by atoms with Gasteiger partial charge in [-0.3, -0.25) is 4.98 Å². The Morgan fingerprint density at radius 1 is 1.31 bits per heavy atom. The summed E-state index contributed by atoms with van der Waals surface area (Å²) in [5.41, 5.74) is 4.81. The molecule has 0 N–H and O–H groups in total. The van der Waals surface area contributed by atoms with E-state index in [2.05, 4.69) is 24.9 Å². The van der Waals surface area contributed by atoms with E-state index in [0.29, 0.717) is 5.88 Å². The molecule has 0 atom stereocenters. The lowest BCUT2D eigenvalue weighted by molar-refractivity contribution is 0.952. The number of hydrogen-bond acceptors (Lipinski definition) is 1. The fraction of sp³-hybridized carbons (Fsp3) is 0.545. The van der Waals surface area contributed by atoms with Crippen molar-refractivity contribution >= 4 is 11.6 Å². The summed E-state index contributed by atoms with van der Waals surface area (Å²) in [6.45, 7) is 6.32. The molecule has 0 fully saturated rings. The molecule has 0 radical (unpaired) electrons. The maximum Gasteiger partial charge on any atom is 0.0494 e. The Kier molecular flexibility index (Phi) is 3.73. The monoisotopic (exact) mass is 197 g/mol. The summed E-state index contributed by atoms with van der Waals surface area (Å²) in [5.74, 6) is 0.575. The van der Waals surface area contributed by atoms with Crippen LogP contribution in [0.5, 0.6) is 0 Å². The average Bonchev–Trinajstić information content (AvgIpc) is 2.16. The average molecular weight is 198 g/mol. The van der Waals surface area contributed by atoms with Gasteiger partial charge in [0, 0.05) is 17.3 Å². The highest BCUT2D eigenvalue weighted by Crippen LogP contribution is 2.17. The Hall–Kier alpha value is -0.560. The molecule has 13 heavy (non-hydrogen) atoms. The van der Waals surface area contributed by atoms with Gasteiger partial charge in [0.2, 0.25) is 0 Å². The van der Waals surface area contributed by atoms with E-state index in [9.17, 15) is 0 Å². The zero-order valence-electron chi connectivity index (χ0n) is 8.52. The third kappa shape index (κ3) is 2.22. The summed E-state index contributed by atoms with van der Waals surface area (Å²) in [6, 6.07) is 2.17. The molecule has 0 aromatic carbocycles. The third-order valence-corrected chi connectivity index (χ3v) is 2.62. The lowest BCUT2D eigenvalue weighted by Gasteiger charge is -2.09. The van der Waals surface area contributed by atoms with Crippen molar-refractivity contribution < 1.29 is 0 Å². The van der Waals surface area contributed by atoms with Crippen LogP contribution in [0.25, 0.3) is 0 Å². The van der Waals surface area contributed by atoms with Crippen LogP contribution in [0.3, 0.4) is 0 Å². The van der Waals surface area contributed by atoms with Gasteiger partial charge in [0.1, 0.15) is 0 Å². The number of nitrogens with zero attached hydrogens (tertiary/aromatic N) is 1. The number of aryl methyl sites for hydroxylation is 3. The van der Waals surface area contributed by atoms with E-state index in [0.717, 1.165) is 18.5 Å². The predicted octanol–water partition coefficient (Wildman–Crippen LogP) is 3.25. The van der Waals surface area contributed by atoms with Gasteiger partial charge >= 0.3 is 0 Å². The molecule has 2 heteroatoms. The normalized spacial score (nSPS) is 10.5. The lowest BCUT2D eigenvalue weighted by atomic mass is 10.0. The molecule has 0 aliphatic heterocycles. The second-order valence-corrected chi connectivity index (χ2v) is 3.44. The summed E-state index contributed by atoms with van der Waals surface area (Å²) in [6.07, 6.45) is 2.04. The van der Waals surface area contributed by atoms with Crippen LogP contribution in [-0.2, 0) is 18.7 Å². The minimum absolute atomic E-state index is 0.575. The van der Waals surface area contributed by atoms with Gasteiger partial charge in [0.15, 0.2) is 0 Å². The van der Waals surface area contributed by atoms with Crippen LogP contribution in [0.2, 0.25) is 0 Å². The number of halogens is 1. The second-order valence-electron chi connectivity index (χ2n) is 3.18. The highest BCUT2D eigenvalue weighted by atomic mass is 35.5. The molecule has 1 aromatic heterocycles. The van der Waals surface area contributed by atoms with Crippen molar-refractivity contribution in [3.05, 3.63) is 28.6 Å². The Bertz CT molecular complexity index is 294. The number of alkyl halides is 1. The van der Waals surface area contributed by atoms with Crippen LogP contribution < -0.4 is 0 Å². The van der Waals surface area contributed by atoms with Gasteiger partial charge in [-0.15, -0.1) is 11.6 Å². The van der Waals surface area contributed by atoms with Crippen molar-refractivity contribution in [3.63, 3.8) is 0 Å². The fourth-order valence-corrected chi connectivity index (χ4v) is 1.88.